The molecule has 5 heteroatoms. The van der Waals surface area contributed by atoms with E-state index in [2.05, 4.69) is 69.6 Å². The van der Waals surface area contributed by atoms with Gasteiger partial charge in [-0.1, -0.05) is 13.2 Å². The van der Waals surface area contributed by atoms with Crippen LogP contribution in [0.1, 0.15) is 34.6 Å². The van der Waals surface area contributed by atoms with Crippen LogP contribution >= 0.6 is 0 Å². The summed E-state index contributed by atoms with van der Waals surface area (Å²) >= 11 is 0. The second-order valence-corrected chi connectivity index (χ2v) is 7.14. The topological polar surface area (TPSA) is 22.2 Å². The van der Waals surface area contributed by atoms with E-state index in [1.54, 1.807) is 0 Å². The third-order valence-corrected chi connectivity index (χ3v) is 5.71. The van der Waals surface area contributed by atoms with Crippen molar-refractivity contribution in [2.45, 2.75) is 46.2 Å². The number of likely N-dealkylation sites (N-methyl/N-ethyl adjacent to an activating group) is 2. The summed E-state index contributed by atoms with van der Waals surface area (Å²) in [5, 5.41) is 4.25. The molecule has 0 aromatic heterocycles. The van der Waals surface area contributed by atoms with E-state index in [9.17, 15) is 0 Å². The molecule has 1 atom stereocenters. The lowest BCUT2D eigenvalue weighted by molar-refractivity contribution is -0.00273. The zero-order valence-electron chi connectivity index (χ0n) is 17.4. The Hall–Kier alpha value is -1.30. The molecule has 25 heavy (non-hydrogen) atoms. The van der Waals surface area contributed by atoms with E-state index < -0.39 is 0 Å². The largest absolute Gasteiger partial charge is 0.379 e. The average molecular weight is 351 g/mol. The first-order chi connectivity index (χ1) is 11.7. The first kappa shape index (κ1) is 21.7. The third-order valence-electron chi connectivity index (χ3n) is 5.71. The smallest absolute Gasteiger partial charge is 0.0594 e. The maximum Gasteiger partial charge on any atom is 0.0594 e. The van der Waals surface area contributed by atoms with Gasteiger partial charge in [-0.2, -0.15) is 0 Å². The van der Waals surface area contributed by atoms with Crippen molar-refractivity contribution in [3.8, 4) is 0 Å². The number of morpholine rings is 1. The van der Waals surface area contributed by atoms with Gasteiger partial charge in [0.25, 0.3) is 0 Å². The average Bonchev–Trinajstić information content (AvgIpc) is 2.64. The lowest BCUT2D eigenvalue weighted by atomic mass is 9.90. The van der Waals surface area contributed by atoms with Crippen LogP contribution in [0.4, 0.5) is 0 Å². The summed E-state index contributed by atoms with van der Waals surface area (Å²) < 4.78 is 5.54. The molecule has 1 unspecified atom stereocenters. The van der Waals surface area contributed by atoms with E-state index in [4.69, 9.17) is 4.74 Å². The molecule has 0 spiro atoms. The SMILES string of the molecule is C=CN(CC)/C(=C(/C)C(C)(C)N(C)N(C)C=C)C(C)N1CCOCC1. The fraction of sp³-hybridized carbons (Fsp3) is 0.700. The number of rotatable bonds is 9. The molecule has 144 valence electrons. The Morgan fingerprint density at radius 3 is 2.20 bits per heavy atom. The van der Waals surface area contributed by atoms with E-state index in [0.717, 1.165) is 32.8 Å². The van der Waals surface area contributed by atoms with Gasteiger partial charge in [-0.3, -0.25) is 4.90 Å². The van der Waals surface area contributed by atoms with Crippen LogP contribution < -0.4 is 0 Å². The van der Waals surface area contributed by atoms with Gasteiger partial charge in [0.1, 0.15) is 0 Å². The Morgan fingerprint density at radius 1 is 1.20 bits per heavy atom. The van der Waals surface area contributed by atoms with Crippen LogP contribution in [-0.4, -0.2) is 78.3 Å². The van der Waals surface area contributed by atoms with Gasteiger partial charge >= 0.3 is 0 Å². The van der Waals surface area contributed by atoms with Crippen molar-refractivity contribution in [1.82, 2.24) is 19.8 Å². The Bertz CT molecular complexity index is 480. The number of hydrogen-bond donors (Lipinski definition) is 0. The minimum absolute atomic E-state index is 0.157. The Labute approximate surface area is 155 Å². The predicted octanol–water partition coefficient (Wildman–Crippen LogP) is 3.15. The quantitative estimate of drug-likeness (QED) is 0.594. The van der Waals surface area contributed by atoms with Crippen molar-refractivity contribution < 1.29 is 4.74 Å². The van der Waals surface area contributed by atoms with E-state index in [1.165, 1.54) is 11.3 Å². The van der Waals surface area contributed by atoms with E-state index in [-0.39, 0.29) is 5.54 Å². The lowest BCUT2D eigenvalue weighted by Crippen LogP contribution is -2.52. The second-order valence-electron chi connectivity index (χ2n) is 7.14. The highest BCUT2D eigenvalue weighted by Gasteiger charge is 2.34. The molecule has 0 aliphatic carbocycles. The highest BCUT2D eigenvalue weighted by atomic mass is 16.5. The van der Waals surface area contributed by atoms with Gasteiger partial charge in [-0.05, 0) is 46.4 Å². The molecule has 1 aliphatic heterocycles. The van der Waals surface area contributed by atoms with Crippen LogP contribution in [0.2, 0.25) is 0 Å². The maximum absolute atomic E-state index is 5.54. The van der Waals surface area contributed by atoms with Gasteiger partial charge in [0.15, 0.2) is 0 Å². The molecule has 0 N–H and O–H groups in total. The van der Waals surface area contributed by atoms with Crippen molar-refractivity contribution in [3.63, 3.8) is 0 Å². The number of ether oxygens (including phenoxy) is 1. The van der Waals surface area contributed by atoms with Gasteiger partial charge in [0.05, 0.1) is 18.8 Å². The van der Waals surface area contributed by atoms with Crippen molar-refractivity contribution in [2.24, 2.45) is 0 Å². The summed E-state index contributed by atoms with van der Waals surface area (Å²) in [5.41, 5.74) is 2.51. The molecule has 1 saturated heterocycles. The van der Waals surface area contributed by atoms with Crippen LogP contribution in [-0.2, 0) is 4.74 Å². The summed E-state index contributed by atoms with van der Waals surface area (Å²) in [6.07, 6.45) is 3.79. The van der Waals surface area contributed by atoms with Crippen molar-refractivity contribution in [2.75, 3.05) is 46.9 Å². The van der Waals surface area contributed by atoms with Gasteiger partial charge in [-0.15, -0.1) is 0 Å². The molecule has 0 aromatic rings. The van der Waals surface area contributed by atoms with Gasteiger partial charge in [0, 0.05) is 51.7 Å². The van der Waals surface area contributed by atoms with Crippen LogP contribution in [0.15, 0.2) is 36.8 Å². The summed E-state index contributed by atoms with van der Waals surface area (Å²) in [4.78, 5) is 4.78. The maximum atomic E-state index is 5.54. The Morgan fingerprint density at radius 2 is 1.76 bits per heavy atom. The normalized spacial score (nSPS) is 18.6. The summed E-state index contributed by atoms with van der Waals surface area (Å²) in [7, 11) is 4.13. The Kier molecular flexibility index (Phi) is 8.19. The number of nitrogens with zero attached hydrogens (tertiary/aromatic N) is 4. The zero-order chi connectivity index (χ0) is 19.2. The van der Waals surface area contributed by atoms with E-state index >= 15 is 0 Å². The summed E-state index contributed by atoms with van der Waals surface area (Å²) in [6.45, 7) is 23.6. The molecule has 0 radical (unpaired) electrons. The van der Waals surface area contributed by atoms with Crippen molar-refractivity contribution >= 4 is 0 Å². The molecule has 5 nitrogen and oxygen atoms in total. The second kappa shape index (κ2) is 9.41. The zero-order valence-corrected chi connectivity index (χ0v) is 17.4. The fourth-order valence-corrected chi connectivity index (χ4v) is 3.38. The summed E-state index contributed by atoms with van der Waals surface area (Å²) in [5.74, 6) is 0. The van der Waals surface area contributed by atoms with E-state index in [0.29, 0.717) is 6.04 Å². The van der Waals surface area contributed by atoms with Gasteiger partial charge in [0.2, 0.25) is 0 Å². The molecule has 0 amide bonds. The van der Waals surface area contributed by atoms with Crippen molar-refractivity contribution in [1.29, 1.82) is 0 Å². The van der Waals surface area contributed by atoms with Gasteiger partial charge in [-0.25, -0.2) is 5.01 Å². The molecule has 1 aliphatic rings. The number of hydrazine groups is 1. The lowest BCUT2D eigenvalue weighted by Gasteiger charge is -2.45. The van der Waals surface area contributed by atoms with Crippen LogP contribution in [0.3, 0.4) is 0 Å². The summed E-state index contributed by atoms with van der Waals surface area (Å²) in [6, 6.07) is 0.309. The Balaban J connectivity index is 3.33. The predicted molar refractivity (Wildman–Crippen MR) is 107 cm³/mol. The molecule has 1 heterocycles. The minimum Gasteiger partial charge on any atom is -0.379 e. The molecule has 0 saturated carbocycles. The molecule has 0 aromatic carbocycles. The molecule has 1 rings (SSSR count). The first-order valence-electron chi connectivity index (χ1n) is 9.23. The van der Waals surface area contributed by atoms with Crippen LogP contribution in [0, 0.1) is 0 Å². The van der Waals surface area contributed by atoms with Crippen molar-refractivity contribution in [3.05, 3.63) is 36.8 Å². The number of hydrogen-bond acceptors (Lipinski definition) is 5. The van der Waals surface area contributed by atoms with E-state index in [1.807, 2.05) is 24.5 Å². The molecule has 0 bridgehead atoms. The minimum atomic E-state index is -0.157. The third kappa shape index (κ3) is 4.87. The molecule has 1 fully saturated rings. The molecular weight excluding hydrogens is 312 g/mol. The fourth-order valence-electron chi connectivity index (χ4n) is 3.38. The van der Waals surface area contributed by atoms with Crippen LogP contribution in [0.25, 0.3) is 0 Å². The first-order valence-corrected chi connectivity index (χ1v) is 9.23. The highest BCUT2D eigenvalue weighted by Crippen LogP contribution is 2.31. The highest BCUT2D eigenvalue weighted by molar-refractivity contribution is 5.27. The van der Waals surface area contributed by atoms with Crippen LogP contribution in [0.5, 0.6) is 0 Å². The molecular formula is C20H38N4O. The van der Waals surface area contributed by atoms with Gasteiger partial charge < -0.3 is 14.6 Å². The monoisotopic (exact) mass is 350 g/mol. The standard InChI is InChI=1S/C20H38N4O/c1-10-21(8)22(9)20(6,7)17(4)19(23(11-2)12-3)18(5)24-13-15-25-16-14-24/h10-11,18H,1-2,12-16H2,3-9H3/b19-17-.